The van der Waals surface area contributed by atoms with E-state index in [1.807, 2.05) is 26.0 Å². The Kier molecular flexibility index (Phi) is 8.76. The van der Waals surface area contributed by atoms with Crippen LogP contribution in [0.25, 0.3) is 0 Å². The van der Waals surface area contributed by atoms with E-state index in [1.54, 1.807) is 85.8 Å². The van der Waals surface area contributed by atoms with Crippen LogP contribution in [0.15, 0.2) is 113 Å². The van der Waals surface area contributed by atoms with Crippen LogP contribution in [0.1, 0.15) is 34.0 Å². The summed E-state index contributed by atoms with van der Waals surface area (Å²) in [6.45, 7) is 5.09. The second kappa shape index (κ2) is 12.4. The topological polar surface area (TPSA) is 108 Å². The maximum Gasteiger partial charge on any atom is 0.264 e. The molecule has 2 amide bonds. The Labute approximate surface area is 234 Å². The minimum absolute atomic E-state index is 0.0835. The van der Waals surface area contributed by atoms with Gasteiger partial charge in [0, 0.05) is 11.3 Å². The van der Waals surface area contributed by atoms with E-state index >= 15 is 0 Å². The van der Waals surface area contributed by atoms with Gasteiger partial charge in [-0.3, -0.25) is 13.9 Å². The van der Waals surface area contributed by atoms with E-state index in [-0.39, 0.29) is 10.8 Å². The van der Waals surface area contributed by atoms with Gasteiger partial charge >= 0.3 is 0 Å². The van der Waals surface area contributed by atoms with Crippen molar-refractivity contribution in [3.8, 4) is 0 Å². The molecule has 40 heavy (non-hydrogen) atoms. The lowest BCUT2D eigenvalue weighted by atomic mass is 10.1. The summed E-state index contributed by atoms with van der Waals surface area (Å²) in [5.74, 6) is -0.811. The first-order valence-electron chi connectivity index (χ1n) is 12.6. The van der Waals surface area contributed by atoms with Crippen molar-refractivity contribution >= 4 is 38.9 Å². The van der Waals surface area contributed by atoms with Gasteiger partial charge in [-0.15, -0.1) is 0 Å². The summed E-state index contributed by atoms with van der Waals surface area (Å²) >= 11 is 0. The predicted octanol–water partition coefficient (Wildman–Crippen LogP) is 5.29. The third kappa shape index (κ3) is 6.81. The number of aryl methyl sites for hydroxylation is 2. The summed E-state index contributed by atoms with van der Waals surface area (Å²) in [6.07, 6.45) is 0. The third-order valence-electron chi connectivity index (χ3n) is 6.34. The number of nitrogens with zero attached hydrogens (tertiary/aromatic N) is 2. The number of carbonyl (C=O) groups excluding carboxylic acids is 2. The van der Waals surface area contributed by atoms with E-state index in [0.29, 0.717) is 22.6 Å². The molecule has 4 rings (SSSR count). The zero-order valence-electron chi connectivity index (χ0n) is 22.5. The van der Waals surface area contributed by atoms with Gasteiger partial charge < -0.3 is 5.32 Å². The molecule has 4 aromatic carbocycles. The number of benzene rings is 4. The summed E-state index contributed by atoms with van der Waals surface area (Å²) in [5, 5.41) is 7.01. The number of anilines is 2. The Bertz CT molecular complexity index is 1640. The van der Waals surface area contributed by atoms with E-state index in [1.165, 1.54) is 12.1 Å². The van der Waals surface area contributed by atoms with Crippen LogP contribution in [0, 0.1) is 13.8 Å². The van der Waals surface area contributed by atoms with Gasteiger partial charge in [0.1, 0.15) is 6.54 Å². The molecule has 9 heteroatoms. The Hall–Kier alpha value is -4.76. The fraction of sp³-hybridized carbons (Fsp3) is 0.129. The lowest BCUT2D eigenvalue weighted by Gasteiger charge is -2.24. The van der Waals surface area contributed by atoms with Crippen LogP contribution in [0.3, 0.4) is 0 Å². The second-order valence-electron chi connectivity index (χ2n) is 9.22. The number of hydrazone groups is 1. The molecule has 0 spiro atoms. The molecule has 0 bridgehead atoms. The quantitative estimate of drug-likeness (QED) is 0.216. The van der Waals surface area contributed by atoms with Gasteiger partial charge in [0.2, 0.25) is 0 Å². The Morgan fingerprint density at radius 1 is 0.775 bits per heavy atom. The number of nitrogens with one attached hydrogen (secondary N) is 2. The summed E-state index contributed by atoms with van der Waals surface area (Å²) in [4.78, 5) is 25.4. The van der Waals surface area contributed by atoms with Gasteiger partial charge in [-0.2, -0.15) is 5.10 Å². The molecular weight excluding hydrogens is 524 g/mol. The highest BCUT2D eigenvalue weighted by Gasteiger charge is 2.27. The summed E-state index contributed by atoms with van der Waals surface area (Å²) in [6, 6.07) is 29.2. The zero-order chi connectivity index (χ0) is 28.7. The molecule has 0 unspecified atom stereocenters. The average Bonchev–Trinajstić information content (AvgIpc) is 2.97. The fourth-order valence-corrected chi connectivity index (χ4v) is 5.31. The fourth-order valence-electron chi connectivity index (χ4n) is 3.88. The number of hydrogen-bond acceptors (Lipinski definition) is 5. The van der Waals surface area contributed by atoms with Crippen molar-refractivity contribution in [1.82, 2.24) is 5.43 Å². The molecule has 0 aromatic heterocycles. The Morgan fingerprint density at radius 2 is 1.40 bits per heavy atom. The van der Waals surface area contributed by atoms with E-state index in [2.05, 4.69) is 15.8 Å². The van der Waals surface area contributed by atoms with Gasteiger partial charge in [-0.25, -0.2) is 13.8 Å². The SMILES string of the molecule is C/C(=N/NC(=O)CN(c1ccc(C)c(C)c1)S(=O)(=O)c1ccccc1)c1ccc(NC(=O)c2ccccc2)cc1. The van der Waals surface area contributed by atoms with Gasteiger partial charge in [-0.05, 0) is 86.0 Å². The smallest absolute Gasteiger partial charge is 0.264 e. The number of amides is 2. The first kappa shape index (κ1) is 28.3. The van der Waals surface area contributed by atoms with Crippen LogP contribution < -0.4 is 15.0 Å². The highest BCUT2D eigenvalue weighted by molar-refractivity contribution is 7.92. The molecule has 0 aliphatic heterocycles. The lowest BCUT2D eigenvalue weighted by Crippen LogP contribution is -2.39. The largest absolute Gasteiger partial charge is 0.322 e. The van der Waals surface area contributed by atoms with Crippen molar-refractivity contribution in [3.63, 3.8) is 0 Å². The number of carbonyl (C=O) groups is 2. The number of hydrogen-bond donors (Lipinski definition) is 2. The highest BCUT2D eigenvalue weighted by atomic mass is 32.2. The van der Waals surface area contributed by atoms with Crippen LogP contribution >= 0.6 is 0 Å². The summed E-state index contributed by atoms with van der Waals surface area (Å²) in [7, 11) is -4.01. The molecule has 0 aliphatic carbocycles. The van der Waals surface area contributed by atoms with E-state index in [4.69, 9.17) is 0 Å². The van der Waals surface area contributed by atoms with E-state index in [0.717, 1.165) is 21.0 Å². The maximum atomic E-state index is 13.5. The minimum atomic E-state index is -4.01. The molecule has 2 N–H and O–H groups in total. The molecular formula is C31H30N4O4S. The van der Waals surface area contributed by atoms with Crippen molar-refractivity contribution in [2.75, 3.05) is 16.2 Å². The van der Waals surface area contributed by atoms with E-state index in [9.17, 15) is 18.0 Å². The monoisotopic (exact) mass is 554 g/mol. The summed E-state index contributed by atoms with van der Waals surface area (Å²) in [5.41, 5.74) is 7.18. The molecule has 0 heterocycles. The minimum Gasteiger partial charge on any atom is -0.322 e. The first-order valence-corrected chi connectivity index (χ1v) is 14.0. The Morgan fingerprint density at radius 3 is 2.02 bits per heavy atom. The molecule has 0 saturated carbocycles. The molecule has 0 radical (unpaired) electrons. The van der Waals surface area contributed by atoms with Crippen LogP contribution in [-0.4, -0.2) is 32.5 Å². The molecule has 4 aromatic rings. The van der Waals surface area contributed by atoms with Crippen molar-refractivity contribution in [3.05, 3.63) is 125 Å². The normalized spacial score (nSPS) is 11.5. The number of rotatable bonds is 9. The zero-order valence-corrected chi connectivity index (χ0v) is 23.3. The standard InChI is InChI=1S/C31H30N4O4S/c1-22-14-19-28(20-23(22)2)35(40(38,39)29-12-8-5-9-13-29)21-30(36)34-33-24(3)25-15-17-27(18-16-25)32-31(37)26-10-6-4-7-11-26/h4-20H,21H2,1-3H3,(H,32,37)(H,34,36)/b33-24-. The van der Waals surface area contributed by atoms with Gasteiger partial charge in [0.15, 0.2) is 0 Å². The van der Waals surface area contributed by atoms with E-state index < -0.39 is 22.5 Å². The average molecular weight is 555 g/mol. The van der Waals surface area contributed by atoms with Gasteiger partial charge in [0.05, 0.1) is 16.3 Å². The predicted molar refractivity (Wildman–Crippen MR) is 158 cm³/mol. The Balaban J connectivity index is 1.47. The molecule has 0 atom stereocenters. The third-order valence-corrected chi connectivity index (χ3v) is 8.13. The van der Waals surface area contributed by atoms with Gasteiger partial charge in [0.25, 0.3) is 21.8 Å². The van der Waals surface area contributed by atoms with Crippen molar-refractivity contribution in [2.24, 2.45) is 5.10 Å². The van der Waals surface area contributed by atoms with Crippen molar-refractivity contribution < 1.29 is 18.0 Å². The molecule has 0 saturated heterocycles. The highest BCUT2D eigenvalue weighted by Crippen LogP contribution is 2.25. The number of sulfonamides is 1. The van der Waals surface area contributed by atoms with Crippen LogP contribution in [0.5, 0.6) is 0 Å². The first-order chi connectivity index (χ1) is 19.1. The van der Waals surface area contributed by atoms with Gasteiger partial charge in [-0.1, -0.05) is 54.6 Å². The van der Waals surface area contributed by atoms with Crippen molar-refractivity contribution in [1.29, 1.82) is 0 Å². The second-order valence-corrected chi connectivity index (χ2v) is 11.1. The van der Waals surface area contributed by atoms with Crippen LogP contribution in [-0.2, 0) is 14.8 Å². The van der Waals surface area contributed by atoms with Crippen LogP contribution in [0.4, 0.5) is 11.4 Å². The molecule has 0 aliphatic rings. The summed E-state index contributed by atoms with van der Waals surface area (Å²) < 4.78 is 28.1. The molecule has 204 valence electrons. The van der Waals surface area contributed by atoms with Crippen LogP contribution in [0.2, 0.25) is 0 Å². The molecule has 8 nitrogen and oxygen atoms in total. The maximum absolute atomic E-state index is 13.5. The van der Waals surface area contributed by atoms with Crippen molar-refractivity contribution in [2.45, 2.75) is 25.7 Å². The lowest BCUT2D eigenvalue weighted by molar-refractivity contribution is -0.119. The molecule has 0 fully saturated rings.